The minimum Gasteiger partial charge on any atom is -0.478 e. The van der Waals surface area contributed by atoms with Crippen molar-refractivity contribution in [2.24, 2.45) is 0 Å². The third-order valence-corrected chi connectivity index (χ3v) is 4.36. The average molecular weight is 278 g/mol. The first-order valence-corrected chi connectivity index (χ1v) is 7.17. The number of anilines is 1. The summed E-state index contributed by atoms with van der Waals surface area (Å²) in [6.45, 7) is 3.98. The fourth-order valence-corrected chi connectivity index (χ4v) is 3.26. The third-order valence-electron chi connectivity index (χ3n) is 4.36. The molecule has 1 aromatic carbocycles. The van der Waals surface area contributed by atoms with Gasteiger partial charge in [0.2, 0.25) is 0 Å². The zero-order chi connectivity index (χ0) is 14.1. The zero-order valence-corrected chi connectivity index (χ0v) is 11.4. The summed E-state index contributed by atoms with van der Waals surface area (Å²) in [6, 6.07) is 4.69. The minimum absolute atomic E-state index is 0.00143. The van der Waals surface area contributed by atoms with Gasteiger partial charge in [0.15, 0.2) is 0 Å². The molecule has 0 spiro atoms. The number of benzene rings is 1. The standard InChI is InChI=1S/C15H19FN2O2/c16-13-9-11(15(19)20)3-4-14(13)18-8-5-12(10-18)17-6-1-2-7-17/h3-4,9,12H,1-2,5-8,10H2,(H,19,20). The van der Waals surface area contributed by atoms with Crippen molar-refractivity contribution in [3.05, 3.63) is 29.6 Å². The lowest BCUT2D eigenvalue weighted by molar-refractivity contribution is 0.0696. The van der Waals surface area contributed by atoms with E-state index in [0.717, 1.165) is 38.7 Å². The predicted molar refractivity (Wildman–Crippen MR) is 74.8 cm³/mol. The molecule has 0 amide bonds. The van der Waals surface area contributed by atoms with Gasteiger partial charge in [-0.1, -0.05) is 0 Å². The number of carboxylic acid groups (broad SMARTS) is 1. The Balaban J connectivity index is 1.72. The highest BCUT2D eigenvalue weighted by molar-refractivity contribution is 5.88. The van der Waals surface area contributed by atoms with Gasteiger partial charge in [-0.2, -0.15) is 0 Å². The number of hydrogen-bond acceptors (Lipinski definition) is 3. The van der Waals surface area contributed by atoms with Gasteiger partial charge in [0.05, 0.1) is 11.3 Å². The average Bonchev–Trinajstić information content (AvgIpc) is 3.09. The summed E-state index contributed by atoms with van der Waals surface area (Å²) in [4.78, 5) is 15.3. The number of aromatic carboxylic acids is 1. The molecule has 0 bridgehead atoms. The molecule has 0 saturated carbocycles. The van der Waals surface area contributed by atoms with E-state index in [4.69, 9.17) is 5.11 Å². The van der Waals surface area contributed by atoms with Gasteiger partial charge < -0.3 is 10.0 Å². The lowest BCUT2D eigenvalue weighted by Gasteiger charge is -2.24. The number of halogens is 1. The van der Waals surface area contributed by atoms with Crippen LogP contribution < -0.4 is 4.90 Å². The molecule has 0 aliphatic carbocycles. The topological polar surface area (TPSA) is 43.8 Å². The summed E-state index contributed by atoms with van der Waals surface area (Å²) in [6.07, 6.45) is 3.58. The van der Waals surface area contributed by atoms with E-state index < -0.39 is 11.8 Å². The van der Waals surface area contributed by atoms with Crippen LogP contribution in [0.4, 0.5) is 10.1 Å². The Morgan fingerprint density at radius 2 is 2.00 bits per heavy atom. The summed E-state index contributed by atoms with van der Waals surface area (Å²) in [5, 5.41) is 8.86. The van der Waals surface area contributed by atoms with Crippen LogP contribution >= 0.6 is 0 Å². The second kappa shape index (κ2) is 5.40. The zero-order valence-electron chi connectivity index (χ0n) is 11.4. The molecular weight excluding hydrogens is 259 g/mol. The maximum atomic E-state index is 14.0. The van der Waals surface area contributed by atoms with Gasteiger partial charge in [-0.3, -0.25) is 4.90 Å². The summed E-state index contributed by atoms with van der Waals surface area (Å²) in [5.41, 5.74) is 0.526. The van der Waals surface area contributed by atoms with E-state index in [9.17, 15) is 9.18 Å². The summed E-state index contributed by atoms with van der Waals surface area (Å²) >= 11 is 0. The van der Waals surface area contributed by atoms with Crippen LogP contribution in [0.5, 0.6) is 0 Å². The highest BCUT2D eigenvalue weighted by Crippen LogP contribution is 2.27. The van der Waals surface area contributed by atoms with Crippen LogP contribution in [0.1, 0.15) is 29.6 Å². The van der Waals surface area contributed by atoms with Crippen LogP contribution in [-0.4, -0.2) is 48.2 Å². The molecular formula is C15H19FN2O2. The van der Waals surface area contributed by atoms with Gasteiger partial charge in [-0.25, -0.2) is 9.18 Å². The Hall–Kier alpha value is -1.62. The lowest BCUT2D eigenvalue weighted by atomic mass is 10.2. The molecule has 0 radical (unpaired) electrons. The van der Waals surface area contributed by atoms with E-state index in [1.54, 1.807) is 6.07 Å². The largest absolute Gasteiger partial charge is 0.478 e. The lowest BCUT2D eigenvalue weighted by Crippen LogP contribution is -2.35. The number of carbonyl (C=O) groups is 1. The summed E-state index contributed by atoms with van der Waals surface area (Å²) in [7, 11) is 0. The number of hydrogen-bond donors (Lipinski definition) is 1. The summed E-state index contributed by atoms with van der Waals surface area (Å²) in [5.74, 6) is -1.53. The minimum atomic E-state index is -1.09. The first kappa shape index (κ1) is 13.4. The molecule has 0 aromatic heterocycles. The Kier molecular flexibility index (Phi) is 3.61. The Morgan fingerprint density at radius 3 is 2.65 bits per heavy atom. The van der Waals surface area contributed by atoms with Crippen LogP contribution in [0.25, 0.3) is 0 Å². The molecule has 108 valence electrons. The third kappa shape index (κ3) is 2.50. The Morgan fingerprint density at radius 1 is 1.25 bits per heavy atom. The van der Waals surface area contributed by atoms with Crippen molar-refractivity contribution in [1.82, 2.24) is 4.90 Å². The summed E-state index contributed by atoms with van der Waals surface area (Å²) < 4.78 is 14.0. The first-order valence-electron chi connectivity index (χ1n) is 7.17. The van der Waals surface area contributed by atoms with Crippen molar-refractivity contribution in [2.45, 2.75) is 25.3 Å². The van der Waals surface area contributed by atoms with Crippen molar-refractivity contribution < 1.29 is 14.3 Å². The predicted octanol–water partition coefficient (Wildman–Crippen LogP) is 2.20. The van der Waals surface area contributed by atoms with E-state index in [1.807, 2.05) is 4.90 Å². The van der Waals surface area contributed by atoms with E-state index in [1.165, 1.54) is 18.9 Å². The maximum Gasteiger partial charge on any atom is 0.335 e. The maximum absolute atomic E-state index is 14.0. The number of likely N-dealkylation sites (tertiary alicyclic amines) is 1. The van der Waals surface area contributed by atoms with Crippen molar-refractivity contribution in [2.75, 3.05) is 31.1 Å². The molecule has 4 nitrogen and oxygen atoms in total. The van der Waals surface area contributed by atoms with Gasteiger partial charge in [0.25, 0.3) is 0 Å². The molecule has 3 rings (SSSR count). The molecule has 1 N–H and O–H groups in total. The van der Waals surface area contributed by atoms with Crippen molar-refractivity contribution >= 4 is 11.7 Å². The van der Waals surface area contributed by atoms with Crippen molar-refractivity contribution in [1.29, 1.82) is 0 Å². The Labute approximate surface area is 117 Å². The first-order chi connectivity index (χ1) is 9.65. The SMILES string of the molecule is O=C(O)c1ccc(N2CCC(N3CCCC3)C2)c(F)c1. The molecule has 5 heteroatoms. The highest BCUT2D eigenvalue weighted by Gasteiger charge is 2.30. The van der Waals surface area contributed by atoms with Crippen LogP contribution in [0, 0.1) is 5.82 Å². The van der Waals surface area contributed by atoms with Gasteiger partial charge in [0.1, 0.15) is 5.82 Å². The molecule has 20 heavy (non-hydrogen) atoms. The molecule has 1 atom stereocenters. The molecule has 2 saturated heterocycles. The van der Waals surface area contributed by atoms with Gasteiger partial charge in [-0.15, -0.1) is 0 Å². The van der Waals surface area contributed by atoms with Crippen molar-refractivity contribution in [3.63, 3.8) is 0 Å². The number of carboxylic acids is 1. The van der Waals surface area contributed by atoms with Gasteiger partial charge in [-0.05, 0) is 50.6 Å². The van der Waals surface area contributed by atoms with Crippen LogP contribution in [0.15, 0.2) is 18.2 Å². The molecule has 2 heterocycles. The fourth-order valence-electron chi connectivity index (χ4n) is 3.26. The number of nitrogens with zero attached hydrogens (tertiary/aromatic N) is 2. The second-order valence-corrected chi connectivity index (χ2v) is 5.60. The van der Waals surface area contributed by atoms with E-state index in [-0.39, 0.29) is 5.56 Å². The Bertz CT molecular complexity index is 515. The quantitative estimate of drug-likeness (QED) is 0.920. The van der Waals surface area contributed by atoms with Gasteiger partial charge in [0, 0.05) is 19.1 Å². The van der Waals surface area contributed by atoms with E-state index in [0.29, 0.717) is 11.7 Å². The number of rotatable bonds is 3. The fraction of sp³-hybridized carbons (Fsp3) is 0.533. The highest BCUT2D eigenvalue weighted by atomic mass is 19.1. The molecule has 2 aliphatic rings. The van der Waals surface area contributed by atoms with E-state index >= 15 is 0 Å². The molecule has 2 aliphatic heterocycles. The molecule has 1 aromatic rings. The van der Waals surface area contributed by atoms with Crippen LogP contribution in [-0.2, 0) is 0 Å². The normalized spacial score (nSPS) is 23.4. The molecule has 2 fully saturated rings. The smallest absolute Gasteiger partial charge is 0.335 e. The molecule has 1 unspecified atom stereocenters. The van der Waals surface area contributed by atoms with Crippen molar-refractivity contribution in [3.8, 4) is 0 Å². The van der Waals surface area contributed by atoms with Crippen LogP contribution in [0.2, 0.25) is 0 Å². The van der Waals surface area contributed by atoms with Crippen LogP contribution in [0.3, 0.4) is 0 Å². The monoisotopic (exact) mass is 278 g/mol. The van der Waals surface area contributed by atoms with E-state index in [2.05, 4.69) is 4.90 Å². The second-order valence-electron chi connectivity index (χ2n) is 5.60. The van der Waals surface area contributed by atoms with Gasteiger partial charge >= 0.3 is 5.97 Å².